The van der Waals surface area contributed by atoms with E-state index in [-0.39, 0.29) is 12.5 Å². The number of hydrogen-bond acceptors (Lipinski definition) is 4. The Morgan fingerprint density at radius 1 is 1.19 bits per heavy atom. The second-order valence-electron chi connectivity index (χ2n) is 6.88. The number of furan rings is 1. The minimum Gasteiger partial charge on any atom is -0.463 e. The van der Waals surface area contributed by atoms with Gasteiger partial charge in [-0.25, -0.2) is 4.79 Å². The number of urea groups is 1. The molecule has 1 fully saturated rings. The molecule has 2 aromatic rings. The van der Waals surface area contributed by atoms with E-state index in [0.29, 0.717) is 24.5 Å². The average Bonchev–Trinajstić information content (AvgIpc) is 3.15. The Bertz CT molecular complexity index is 889. The molecular weight excluding hydrogens is 346 g/mol. The Morgan fingerprint density at radius 2 is 1.93 bits per heavy atom. The largest absolute Gasteiger partial charge is 0.463 e. The third-order valence-electron chi connectivity index (χ3n) is 4.79. The highest BCUT2D eigenvalue weighted by Crippen LogP contribution is 2.29. The number of amides is 4. The number of nitrogens with zero attached hydrogens (tertiary/aromatic N) is 1. The molecule has 1 saturated heterocycles. The standard InChI is InChI=1S/C20H23N3O4/c1-13-6-4-5-7-15(13)10-11-21-17(24)12-23-18(25)20(3,22-19(23)26)16-9-8-14(2)27-16/h4-9H,10-12H2,1-3H3,(H,21,24)(H,22,26)/t20-/m1/s1. The number of carbonyl (C=O) groups is 3. The Morgan fingerprint density at radius 3 is 2.59 bits per heavy atom. The van der Waals surface area contributed by atoms with E-state index < -0.39 is 17.5 Å². The second-order valence-corrected chi connectivity index (χ2v) is 6.88. The van der Waals surface area contributed by atoms with Gasteiger partial charge in [0, 0.05) is 6.54 Å². The Kier molecular flexibility index (Phi) is 5.03. The molecule has 7 nitrogen and oxygen atoms in total. The van der Waals surface area contributed by atoms with Gasteiger partial charge in [-0.2, -0.15) is 0 Å². The number of hydrogen-bond donors (Lipinski definition) is 2. The van der Waals surface area contributed by atoms with Crippen molar-refractivity contribution in [2.24, 2.45) is 0 Å². The molecule has 1 atom stereocenters. The van der Waals surface area contributed by atoms with Crippen molar-refractivity contribution < 1.29 is 18.8 Å². The van der Waals surface area contributed by atoms with Gasteiger partial charge in [0.25, 0.3) is 5.91 Å². The number of rotatable bonds is 6. The van der Waals surface area contributed by atoms with Gasteiger partial charge in [0.15, 0.2) is 5.54 Å². The Hall–Kier alpha value is -3.09. The van der Waals surface area contributed by atoms with Crippen LogP contribution < -0.4 is 10.6 Å². The van der Waals surface area contributed by atoms with Gasteiger partial charge in [-0.3, -0.25) is 14.5 Å². The molecule has 0 bridgehead atoms. The summed E-state index contributed by atoms with van der Waals surface area (Å²) in [5, 5.41) is 5.38. The molecule has 0 aliphatic carbocycles. The molecule has 1 aliphatic heterocycles. The van der Waals surface area contributed by atoms with Crippen molar-refractivity contribution >= 4 is 17.8 Å². The lowest BCUT2D eigenvalue weighted by Gasteiger charge is -2.19. The molecule has 27 heavy (non-hydrogen) atoms. The lowest BCUT2D eigenvalue weighted by atomic mass is 9.99. The Labute approximate surface area is 157 Å². The summed E-state index contributed by atoms with van der Waals surface area (Å²) in [6, 6.07) is 10.7. The van der Waals surface area contributed by atoms with Crippen molar-refractivity contribution in [3.8, 4) is 0 Å². The van der Waals surface area contributed by atoms with E-state index in [2.05, 4.69) is 10.6 Å². The van der Waals surface area contributed by atoms with Crippen molar-refractivity contribution in [2.45, 2.75) is 32.7 Å². The maximum atomic E-state index is 12.7. The molecule has 0 saturated carbocycles. The zero-order valence-corrected chi connectivity index (χ0v) is 15.7. The minimum atomic E-state index is -1.30. The van der Waals surface area contributed by atoms with Crippen molar-refractivity contribution in [1.29, 1.82) is 0 Å². The summed E-state index contributed by atoms with van der Waals surface area (Å²) in [6.45, 7) is 5.45. The quantitative estimate of drug-likeness (QED) is 0.762. The van der Waals surface area contributed by atoms with Crippen LogP contribution in [-0.2, 0) is 21.5 Å². The molecular formula is C20H23N3O4. The zero-order valence-electron chi connectivity index (χ0n) is 15.7. The van der Waals surface area contributed by atoms with Gasteiger partial charge in [-0.05, 0) is 50.5 Å². The first kappa shape index (κ1) is 18.7. The normalized spacial score (nSPS) is 19.3. The topological polar surface area (TPSA) is 91.7 Å². The van der Waals surface area contributed by atoms with Crippen molar-refractivity contribution in [3.63, 3.8) is 0 Å². The number of imide groups is 1. The second kappa shape index (κ2) is 7.26. The van der Waals surface area contributed by atoms with E-state index in [1.165, 1.54) is 0 Å². The lowest BCUT2D eigenvalue weighted by molar-refractivity contribution is -0.135. The van der Waals surface area contributed by atoms with Gasteiger partial charge < -0.3 is 15.1 Å². The zero-order chi connectivity index (χ0) is 19.6. The maximum Gasteiger partial charge on any atom is 0.325 e. The summed E-state index contributed by atoms with van der Waals surface area (Å²) in [5.74, 6) is 0.101. The summed E-state index contributed by atoms with van der Waals surface area (Å²) in [5.41, 5.74) is 1.01. The highest BCUT2D eigenvalue weighted by Gasteiger charge is 2.51. The van der Waals surface area contributed by atoms with Crippen LogP contribution >= 0.6 is 0 Å². The van der Waals surface area contributed by atoms with Gasteiger partial charge in [0.05, 0.1) is 0 Å². The lowest BCUT2D eigenvalue weighted by Crippen LogP contribution is -2.43. The van der Waals surface area contributed by atoms with Crippen LogP contribution in [0.25, 0.3) is 0 Å². The van der Waals surface area contributed by atoms with Gasteiger partial charge in [-0.15, -0.1) is 0 Å². The fourth-order valence-electron chi connectivity index (χ4n) is 3.14. The molecule has 3 rings (SSSR count). The first-order chi connectivity index (χ1) is 12.8. The predicted molar refractivity (Wildman–Crippen MR) is 98.9 cm³/mol. The van der Waals surface area contributed by atoms with Crippen LogP contribution in [0, 0.1) is 13.8 Å². The van der Waals surface area contributed by atoms with E-state index in [4.69, 9.17) is 4.42 Å². The third kappa shape index (κ3) is 3.72. The van der Waals surface area contributed by atoms with Crippen LogP contribution in [-0.4, -0.2) is 35.8 Å². The molecule has 0 radical (unpaired) electrons. The number of benzene rings is 1. The summed E-state index contributed by atoms with van der Waals surface area (Å²) >= 11 is 0. The Balaban J connectivity index is 1.58. The van der Waals surface area contributed by atoms with Crippen LogP contribution in [0.5, 0.6) is 0 Å². The molecule has 1 aromatic heterocycles. The molecule has 2 N–H and O–H groups in total. The number of carbonyl (C=O) groups excluding carboxylic acids is 3. The van der Waals surface area contributed by atoms with Crippen LogP contribution in [0.3, 0.4) is 0 Å². The average molecular weight is 369 g/mol. The van der Waals surface area contributed by atoms with Gasteiger partial charge in [-0.1, -0.05) is 24.3 Å². The van der Waals surface area contributed by atoms with Crippen LogP contribution in [0.15, 0.2) is 40.8 Å². The molecule has 0 spiro atoms. The van der Waals surface area contributed by atoms with Gasteiger partial charge >= 0.3 is 6.03 Å². The molecule has 4 amide bonds. The fraction of sp³-hybridized carbons (Fsp3) is 0.350. The molecule has 0 unspecified atom stereocenters. The van der Waals surface area contributed by atoms with E-state index in [9.17, 15) is 14.4 Å². The van der Waals surface area contributed by atoms with Crippen molar-refractivity contribution in [2.75, 3.05) is 13.1 Å². The fourth-order valence-corrected chi connectivity index (χ4v) is 3.14. The summed E-state index contributed by atoms with van der Waals surface area (Å²) in [4.78, 5) is 38.1. The maximum absolute atomic E-state index is 12.7. The number of aryl methyl sites for hydroxylation is 2. The van der Waals surface area contributed by atoms with E-state index in [1.54, 1.807) is 26.0 Å². The third-order valence-corrected chi connectivity index (χ3v) is 4.79. The van der Waals surface area contributed by atoms with Crippen LogP contribution in [0.4, 0.5) is 4.79 Å². The summed E-state index contributed by atoms with van der Waals surface area (Å²) in [6.07, 6.45) is 0.682. The highest BCUT2D eigenvalue weighted by atomic mass is 16.3. The van der Waals surface area contributed by atoms with E-state index >= 15 is 0 Å². The molecule has 7 heteroatoms. The number of nitrogens with one attached hydrogen (secondary N) is 2. The van der Waals surface area contributed by atoms with E-state index in [0.717, 1.165) is 16.0 Å². The van der Waals surface area contributed by atoms with Crippen molar-refractivity contribution in [3.05, 3.63) is 59.0 Å². The SMILES string of the molecule is Cc1ccc([C@@]2(C)NC(=O)N(CC(=O)NCCc3ccccc3C)C2=O)o1. The molecule has 2 heterocycles. The van der Waals surface area contributed by atoms with Gasteiger partial charge in [0.1, 0.15) is 18.1 Å². The monoisotopic (exact) mass is 369 g/mol. The minimum absolute atomic E-state index is 0.326. The molecule has 1 aromatic carbocycles. The van der Waals surface area contributed by atoms with Crippen LogP contribution in [0.2, 0.25) is 0 Å². The molecule has 142 valence electrons. The van der Waals surface area contributed by atoms with Crippen molar-refractivity contribution in [1.82, 2.24) is 15.5 Å². The predicted octanol–water partition coefficient (Wildman–Crippen LogP) is 2.02. The van der Waals surface area contributed by atoms with E-state index in [1.807, 2.05) is 31.2 Å². The first-order valence-corrected chi connectivity index (χ1v) is 8.83. The van der Waals surface area contributed by atoms with Gasteiger partial charge in [0.2, 0.25) is 5.91 Å². The summed E-state index contributed by atoms with van der Waals surface area (Å²) < 4.78 is 5.50. The highest BCUT2D eigenvalue weighted by molar-refractivity contribution is 6.08. The first-order valence-electron chi connectivity index (χ1n) is 8.83. The molecule has 1 aliphatic rings. The smallest absolute Gasteiger partial charge is 0.325 e. The van der Waals surface area contributed by atoms with Crippen LogP contribution in [0.1, 0.15) is 29.6 Å². The summed E-state index contributed by atoms with van der Waals surface area (Å²) in [7, 11) is 0.